The summed E-state index contributed by atoms with van der Waals surface area (Å²) in [5.41, 5.74) is 1.67. The first-order valence-electron chi connectivity index (χ1n) is 9.14. The minimum atomic E-state index is -0.516. The number of fused-ring (bicyclic) bond motifs is 3. The van der Waals surface area contributed by atoms with Gasteiger partial charge in [-0.25, -0.2) is 28.5 Å². The van der Waals surface area contributed by atoms with E-state index in [0.717, 1.165) is 0 Å². The highest BCUT2D eigenvalue weighted by Gasteiger charge is 2.21. The maximum Gasteiger partial charge on any atom is 0.350 e. The third-order valence-corrected chi connectivity index (χ3v) is 4.83. The Balaban J connectivity index is 1.59. The Morgan fingerprint density at radius 2 is 1.80 bits per heavy atom. The second-order valence-corrected chi connectivity index (χ2v) is 6.79. The molecule has 30 heavy (non-hydrogen) atoms. The molecule has 5 rings (SSSR count). The summed E-state index contributed by atoms with van der Waals surface area (Å²) >= 11 is 0. The molecule has 0 bridgehead atoms. The van der Waals surface area contributed by atoms with E-state index in [1.807, 2.05) is 0 Å². The fraction of sp³-hybridized carbons (Fsp3) is 0.0952. The van der Waals surface area contributed by atoms with Gasteiger partial charge in [0.1, 0.15) is 29.2 Å². The molecular formula is C21H14F2N6O. The average molecular weight is 404 g/mol. The van der Waals surface area contributed by atoms with Crippen molar-refractivity contribution in [2.45, 2.75) is 13.1 Å². The fourth-order valence-corrected chi connectivity index (χ4v) is 3.42. The van der Waals surface area contributed by atoms with Crippen LogP contribution in [0.4, 0.5) is 8.78 Å². The number of imidazole rings is 2. The van der Waals surface area contributed by atoms with Gasteiger partial charge < -0.3 is 4.57 Å². The van der Waals surface area contributed by atoms with Crippen LogP contribution >= 0.6 is 0 Å². The number of hydrogen-bond donors (Lipinski definition) is 0. The molecule has 0 radical (unpaired) electrons. The van der Waals surface area contributed by atoms with Gasteiger partial charge in [-0.15, -0.1) is 0 Å². The van der Waals surface area contributed by atoms with Gasteiger partial charge in [-0.1, -0.05) is 30.3 Å². The Labute approximate surface area is 168 Å². The molecule has 3 heterocycles. The van der Waals surface area contributed by atoms with Crippen LogP contribution in [-0.4, -0.2) is 29.1 Å². The molecule has 2 aliphatic heterocycles. The average Bonchev–Trinajstić information content (AvgIpc) is 3.19. The van der Waals surface area contributed by atoms with Crippen molar-refractivity contribution in [3.05, 3.63) is 94.4 Å². The lowest BCUT2D eigenvalue weighted by molar-refractivity contribution is 0.601. The van der Waals surface area contributed by atoms with Crippen LogP contribution < -0.4 is 5.69 Å². The van der Waals surface area contributed by atoms with E-state index in [-0.39, 0.29) is 30.4 Å². The van der Waals surface area contributed by atoms with Crippen molar-refractivity contribution < 1.29 is 8.78 Å². The summed E-state index contributed by atoms with van der Waals surface area (Å²) in [5, 5.41) is 0. The Hall–Kier alpha value is -4.01. The van der Waals surface area contributed by atoms with Gasteiger partial charge in [0.15, 0.2) is 11.5 Å². The van der Waals surface area contributed by atoms with Crippen molar-refractivity contribution in [3.8, 4) is 11.5 Å². The van der Waals surface area contributed by atoms with Gasteiger partial charge in [0.2, 0.25) is 0 Å². The predicted octanol–water partition coefficient (Wildman–Crippen LogP) is 2.86. The number of hydrogen-bond acceptors (Lipinski definition) is 5. The molecule has 2 aliphatic rings. The molecule has 0 amide bonds. The summed E-state index contributed by atoms with van der Waals surface area (Å²) in [6.07, 6.45) is 2.84. The number of aromatic nitrogens is 6. The Morgan fingerprint density at radius 1 is 0.933 bits per heavy atom. The summed E-state index contributed by atoms with van der Waals surface area (Å²) in [6.45, 7) is 0.331. The van der Waals surface area contributed by atoms with Crippen LogP contribution in [0.3, 0.4) is 0 Å². The lowest BCUT2D eigenvalue weighted by Gasteiger charge is -2.04. The van der Waals surface area contributed by atoms with E-state index in [1.54, 1.807) is 34.9 Å². The van der Waals surface area contributed by atoms with E-state index in [1.165, 1.54) is 35.4 Å². The third-order valence-electron chi connectivity index (χ3n) is 4.83. The van der Waals surface area contributed by atoms with Crippen LogP contribution in [-0.2, 0) is 13.1 Å². The maximum absolute atomic E-state index is 14.1. The minimum Gasteiger partial charge on any atom is -0.311 e. The molecule has 0 saturated heterocycles. The van der Waals surface area contributed by atoms with E-state index < -0.39 is 5.69 Å². The van der Waals surface area contributed by atoms with Crippen LogP contribution in [0, 0.1) is 11.6 Å². The van der Waals surface area contributed by atoms with Crippen molar-refractivity contribution >= 4 is 11.2 Å². The molecule has 3 aromatic rings. The SMILES string of the molecule is O=c1nc2c3ncn(Cc4ccccc4F)c3ncnc-2n1Cc1cccc(F)c1. The Kier molecular flexibility index (Phi) is 4.27. The van der Waals surface area contributed by atoms with Gasteiger partial charge >= 0.3 is 5.69 Å². The first-order chi connectivity index (χ1) is 14.6. The third kappa shape index (κ3) is 3.10. The highest BCUT2D eigenvalue weighted by Crippen LogP contribution is 2.24. The summed E-state index contributed by atoms with van der Waals surface area (Å²) in [7, 11) is 0. The standard InChI is InChI=1S/C21H14F2N6O/c22-15-6-3-4-13(8-15)9-29-20-18(27-21(29)30)17-19(24-11-25-20)28(12-26-17)10-14-5-1-2-7-16(14)23/h1-8,11-12H,9-10H2. The zero-order chi connectivity index (χ0) is 20.7. The second-order valence-electron chi connectivity index (χ2n) is 6.79. The highest BCUT2D eigenvalue weighted by molar-refractivity contribution is 5.85. The minimum absolute atomic E-state index is 0.113. The number of halogens is 2. The van der Waals surface area contributed by atoms with Crippen molar-refractivity contribution in [1.29, 1.82) is 0 Å². The Morgan fingerprint density at radius 3 is 2.63 bits per heavy atom. The maximum atomic E-state index is 14.1. The molecule has 1 aromatic heterocycles. The molecular weight excluding hydrogens is 390 g/mol. The lowest BCUT2D eigenvalue weighted by atomic mass is 10.2. The van der Waals surface area contributed by atoms with Crippen molar-refractivity contribution in [2.24, 2.45) is 0 Å². The normalized spacial score (nSPS) is 11.4. The lowest BCUT2D eigenvalue weighted by Crippen LogP contribution is -2.17. The van der Waals surface area contributed by atoms with Gasteiger partial charge in [0, 0.05) is 5.56 Å². The van der Waals surface area contributed by atoms with Gasteiger partial charge in [0.05, 0.1) is 19.4 Å². The van der Waals surface area contributed by atoms with Crippen molar-refractivity contribution in [1.82, 2.24) is 29.1 Å². The zero-order valence-corrected chi connectivity index (χ0v) is 15.5. The molecule has 0 spiro atoms. The smallest absolute Gasteiger partial charge is 0.311 e. The van der Waals surface area contributed by atoms with Gasteiger partial charge in [0.25, 0.3) is 0 Å². The van der Waals surface area contributed by atoms with E-state index in [2.05, 4.69) is 19.9 Å². The van der Waals surface area contributed by atoms with Crippen LogP contribution in [0.25, 0.3) is 22.7 Å². The first-order valence-corrected chi connectivity index (χ1v) is 9.14. The fourth-order valence-electron chi connectivity index (χ4n) is 3.42. The predicted molar refractivity (Wildman–Crippen MR) is 105 cm³/mol. The Bertz CT molecular complexity index is 1410. The number of nitrogens with zero attached hydrogens (tertiary/aromatic N) is 6. The van der Waals surface area contributed by atoms with Gasteiger partial charge in [-0.2, -0.15) is 4.98 Å². The molecule has 0 saturated carbocycles. The van der Waals surface area contributed by atoms with E-state index >= 15 is 0 Å². The van der Waals surface area contributed by atoms with Crippen molar-refractivity contribution in [3.63, 3.8) is 0 Å². The molecule has 0 unspecified atom stereocenters. The topological polar surface area (TPSA) is 78.5 Å². The summed E-state index contributed by atoms with van der Waals surface area (Å²) in [5.74, 6) is -0.425. The first kappa shape index (κ1) is 18.0. The molecule has 7 nitrogen and oxygen atoms in total. The van der Waals surface area contributed by atoms with E-state index in [0.29, 0.717) is 28.1 Å². The van der Waals surface area contributed by atoms with Crippen molar-refractivity contribution in [2.75, 3.05) is 0 Å². The van der Waals surface area contributed by atoms with E-state index in [9.17, 15) is 13.6 Å². The molecule has 0 aliphatic carbocycles. The molecule has 0 N–H and O–H groups in total. The molecule has 0 fully saturated rings. The monoisotopic (exact) mass is 404 g/mol. The van der Waals surface area contributed by atoms with Crippen LogP contribution in [0.1, 0.15) is 11.1 Å². The molecule has 2 aromatic carbocycles. The quantitative estimate of drug-likeness (QED) is 0.460. The molecule has 148 valence electrons. The van der Waals surface area contributed by atoms with Crippen LogP contribution in [0.2, 0.25) is 0 Å². The van der Waals surface area contributed by atoms with Crippen LogP contribution in [0.15, 0.2) is 66.0 Å². The molecule has 0 atom stereocenters. The zero-order valence-electron chi connectivity index (χ0n) is 15.5. The number of rotatable bonds is 4. The largest absolute Gasteiger partial charge is 0.350 e. The molecule has 9 heteroatoms. The second kappa shape index (κ2) is 7.11. The number of benzene rings is 2. The highest BCUT2D eigenvalue weighted by atomic mass is 19.1. The van der Waals surface area contributed by atoms with Gasteiger partial charge in [-0.05, 0) is 23.8 Å². The summed E-state index contributed by atoms with van der Waals surface area (Å²) in [6, 6.07) is 12.4. The summed E-state index contributed by atoms with van der Waals surface area (Å²) in [4.78, 5) is 29.6. The summed E-state index contributed by atoms with van der Waals surface area (Å²) < 4.78 is 30.6. The van der Waals surface area contributed by atoms with Gasteiger partial charge in [-0.3, -0.25) is 4.57 Å². The van der Waals surface area contributed by atoms with E-state index in [4.69, 9.17) is 0 Å². The van der Waals surface area contributed by atoms with Crippen LogP contribution in [0.5, 0.6) is 0 Å².